The zero-order valence-corrected chi connectivity index (χ0v) is 11.1. The van der Waals surface area contributed by atoms with E-state index in [0.29, 0.717) is 24.7 Å². The number of hydrogen-bond donors (Lipinski definition) is 2. The average Bonchev–Trinajstić information content (AvgIpc) is 3.09. The lowest BCUT2D eigenvalue weighted by Crippen LogP contribution is -2.38. The highest BCUT2D eigenvalue weighted by molar-refractivity contribution is 7.07. The Morgan fingerprint density at radius 3 is 2.79 bits per heavy atom. The summed E-state index contributed by atoms with van der Waals surface area (Å²) in [5.74, 6) is 0.383. The number of carbonyl (C=O) groups is 1. The minimum absolute atomic E-state index is 0.0796. The Hall–Kier alpha value is -1.89. The molecule has 0 aromatic carbocycles. The fraction of sp³-hybridized carbons (Fsp3) is 0.417. The number of nitrogens with zero attached hydrogens (tertiary/aromatic N) is 2. The molecule has 6 nitrogen and oxygen atoms in total. The molecule has 3 rings (SSSR count). The van der Waals surface area contributed by atoms with Crippen molar-refractivity contribution in [1.29, 1.82) is 0 Å². The van der Waals surface area contributed by atoms with E-state index in [4.69, 9.17) is 0 Å². The maximum atomic E-state index is 12.2. The molecular formula is C12H14N4O2S. The van der Waals surface area contributed by atoms with E-state index in [9.17, 15) is 9.59 Å². The van der Waals surface area contributed by atoms with Crippen molar-refractivity contribution in [3.63, 3.8) is 0 Å². The van der Waals surface area contributed by atoms with E-state index < -0.39 is 0 Å². The third kappa shape index (κ3) is 2.46. The summed E-state index contributed by atoms with van der Waals surface area (Å²) in [6.07, 6.45) is 5.62. The largest absolute Gasteiger partial charge is 0.337 e. The van der Waals surface area contributed by atoms with Crippen LogP contribution in [-0.4, -0.2) is 39.1 Å². The quantitative estimate of drug-likeness (QED) is 0.865. The number of nitrogens with one attached hydrogen (secondary N) is 2. The van der Waals surface area contributed by atoms with Gasteiger partial charge in [-0.2, -0.15) is 5.10 Å². The Bertz CT molecular complexity index is 608. The molecule has 0 unspecified atom stereocenters. The van der Waals surface area contributed by atoms with Gasteiger partial charge in [-0.1, -0.05) is 11.3 Å². The molecule has 1 amide bonds. The Morgan fingerprint density at radius 2 is 2.21 bits per heavy atom. The molecule has 0 saturated carbocycles. The second-order valence-corrected chi connectivity index (χ2v) is 5.50. The zero-order valence-electron chi connectivity index (χ0n) is 10.3. The number of amides is 1. The summed E-state index contributed by atoms with van der Waals surface area (Å²) in [5.41, 5.74) is 1.60. The van der Waals surface area contributed by atoms with Gasteiger partial charge in [-0.15, -0.1) is 0 Å². The summed E-state index contributed by atoms with van der Waals surface area (Å²) in [6.45, 7) is 1.43. The smallest absolute Gasteiger partial charge is 0.305 e. The lowest BCUT2D eigenvalue weighted by atomic mass is 9.91. The van der Waals surface area contributed by atoms with Crippen molar-refractivity contribution < 1.29 is 4.79 Å². The molecule has 19 heavy (non-hydrogen) atoms. The first-order chi connectivity index (χ1) is 9.24. The number of thiazole rings is 1. The Balaban J connectivity index is 1.64. The Kier molecular flexibility index (Phi) is 3.20. The van der Waals surface area contributed by atoms with E-state index in [-0.39, 0.29) is 10.8 Å². The second kappa shape index (κ2) is 5.00. The highest BCUT2D eigenvalue weighted by Gasteiger charge is 2.25. The third-order valence-corrected chi connectivity index (χ3v) is 4.19. The van der Waals surface area contributed by atoms with E-state index in [1.165, 1.54) is 5.56 Å². The molecule has 100 valence electrons. The van der Waals surface area contributed by atoms with Gasteiger partial charge in [-0.3, -0.25) is 14.7 Å². The number of rotatable bonds is 2. The van der Waals surface area contributed by atoms with E-state index in [1.54, 1.807) is 10.3 Å². The van der Waals surface area contributed by atoms with Crippen molar-refractivity contribution in [2.24, 2.45) is 0 Å². The first-order valence-corrected chi connectivity index (χ1v) is 7.08. The van der Waals surface area contributed by atoms with Gasteiger partial charge in [0.25, 0.3) is 5.91 Å². The van der Waals surface area contributed by atoms with Gasteiger partial charge in [-0.25, -0.2) is 0 Å². The fourth-order valence-electron chi connectivity index (χ4n) is 2.46. The molecule has 2 N–H and O–H groups in total. The minimum atomic E-state index is -0.184. The molecule has 0 aliphatic carbocycles. The molecule has 2 aromatic rings. The Morgan fingerprint density at radius 1 is 1.42 bits per heavy atom. The van der Waals surface area contributed by atoms with E-state index in [0.717, 1.165) is 24.2 Å². The summed E-state index contributed by atoms with van der Waals surface area (Å²) in [7, 11) is 0. The van der Waals surface area contributed by atoms with Crippen molar-refractivity contribution >= 4 is 17.2 Å². The lowest BCUT2D eigenvalue weighted by Gasteiger charge is -2.31. The molecule has 1 aliphatic heterocycles. The predicted molar refractivity (Wildman–Crippen MR) is 71.4 cm³/mol. The number of aromatic amines is 2. The topological polar surface area (TPSA) is 81.8 Å². The number of H-pyrrole nitrogens is 2. The molecule has 7 heteroatoms. The van der Waals surface area contributed by atoms with Gasteiger partial charge in [0.15, 0.2) is 0 Å². The van der Waals surface area contributed by atoms with Crippen LogP contribution < -0.4 is 4.87 Å². The van der Waals surface area contributed by atoms with Crippen LogP contribution in [0.15, 0.2) is 22.6 Å². The normalized spacial score (nSPS) is 16.7. The zero-order chi connectivity index (χ0) is 13.2. The van der Waals surface area contributed by atoms with Crippen LogP contribution in [0.4, 0.5) is 0 Å². The number of carbonyl (C=O) groups excluding carboxylic acids is 1. The van der Waals surface area contributed by atoms with Crippen molar-refractivity contribution in [2.75, 3.05) is 13.1 Å². The van der Waals surface area contributed by atoms with Crippen LogP contribution in [0.2, 0.25) is 0 Å². The van der Waals surface area contributed by atoms with Gasteiger partial charge >= 0.3 is 4.87 Å². The van der Waals surface area contributed by atoms with Crippen LogP contribution in [0.3, 0.4) is 0 Å². The standard InChI is InChI=1S/C12H14N4O2S/c17-11(10-7-19-12(18)15-10)16-3-1-8(2-4-16)9-5-13-14-6-9/h5-8H,1-4H2,(H,13,14)(H,15,18). The van der Waals surface area contributed by atoms with Crippen LogP contribution in [0.5, 0.6) is 0 Å². The lowest BCUT2D eigenvalue weighted by molar-refractivity contribution is 0.0707. The monoisotopic (exact) mass is 278 g/mol. The van der Waals surface area contributed by atoms with Gasteiger partial charge in [0.2, 0.25) is 0 Å². The van der Waals surface area contributed by atoms with Crippen LogP contribution in [0, 0.1) is 0 Å². The minimum Gasteiger partial charge on any atom is -0.337 e. The van der Waals surface area contributed by atoms with Crippen molar-refractivity contribution in [3.8, 4) is 0 Å². The van der Waals surface area contributed by atoms with E-state index in [2.05, 4.69) is 15.2 Å². The summed E-state index contributed by atoms with van der Waals surface area (Å²) in [5, 5.41) is 8.37. The number of likely N-dealkylation sites (tertiary alicyclic amines) is 1. The third-order valence-electron chi connectivity index (χ3n) is 3.52. The molecule has 1 fully saturated rings. The highest BCUT2D eigenvalue weighted by Crippen LogP contribution is 2.27. The number of aromatic nitrogens is 3. The summed E-state index contributed by atoms with van der Waals surface area (Å²) < 4.78 is 0. The van der Waals surface area contributed by atoms with Gasteiger partial charge in [-0.05, 0) is 24.3 Å². The number of hydrogen-bond acceptors (Lipinski definition) is 4. The van der Waals surface area contributed by atoms with Crippen molar-refractivity contribution in [3.05, 3.63) is 38.7 Å². The molecule has 1 aliphatic rings. The second-order valence-electron chi connectivity index (χ2n) is 4.66. The number of piperidine rings is 1. The molecule has 0 spiro atoms. The van der Waals surface area contributed by atoms with E-state index >= 15 is 0 Å². The first kappa shape index (κ1) is 12.2. The van der Waals surface area contributed by atoms with Gasteiger partial charge in [0.1, 0.15) is 5.69 Å². The van der Waals surface area contributed by atoms with Gasteiger partial charge < -0.3 is 9.88 Å². The molecular weight excluding hydrogens is 264 g/mol. The SMILES string of the molecule is O=C(c1csc(=O)[nH]1)N1CCC(c2cn[nH]c2)CC1. The summed E-state index contributed by atoms with van der Waals surface area (Å²) in [6, 6.07) is 0. The van der Waals surface area contributed by atoms with Gasteiger partial charge in [0, 0.05) is 24.7 Å². The van der Waals surface area contributed by atoms with Crippen molar-refractivity contribution in [1.82, 2.24) is 20.1 Å². The van der Waals surface area contributed by atoms with Crippen LogP contribution in [0.25, 0.3) is 0 Å². The van der Waals surface area contributed by atoms with Crippen LogP contribution >= 0.6 is 11.3 Å². The first-order valence-electron chi connectivity index (χ1n) is 6.20. The Labute approximate surface area is 113 Å². The maximum Gasteiger partial charge on any atom is 0.305 e. The molecule has 1 saturated heterocycles. The molecule has 2 aromatic heterocycles. The highest BCUT2D eigenvalue weighted by atomic mass is 32.1. The molecule has 3 heterocycles. The summed E-state index contributed by atoms with van der Waals surface area (Å²) >= 11 is 1.02. The van der Waals surface area contributed by atoms with E-state index in [1.807, 2.05) is 12.4 Å². The maximum absolute atomic E-state index is 12.2. The van der Waals surface area contributed by atoms with Crippen molar-refractivity contribution in [2.45, 2.75) is 18.8 Å². The van der Waals surface area contributed by atoms with Gasteiger partial charge in [0.05, 0.1) is 6.20 Å². The average molecular weight is 278 g/mol. The summed E-state index contributed by atoms with van der Waals surface area (Å²) in [4.78, 5) is 27.4. The van der Waals surface area contributed by atoms with Crippen LogP contribution in [-0.2, 0) is 0 Å². The van der Waals surface area contributed by atoms with Crippen LogP contribution in [0.1, 0.15) is 34.8 Å². The predicted octanol–water partition coefficient (Wildman–Crippen LogP) is 1.18. The fourth-order valence-corrected chi connectivity index (χ4v) is 3.01. The molecule has 0 bridgehead atoms. The molecule has 0 radical (unpaired) electrons. The molecule has 0 atom stereocenters.